The zero-order chi connectivity index (χ0) is 14.6. The molecular formula is C13H16ClNO3S. The van der Waals surface area contributed by atoms with Crippen LogP contribution in [0, 0.1) is 5.41 Å². The molecule has 6 heteroatoms. The Labute approximate surface area is 122 Å². The van der Waals surface area contributed by atoms with E-state index in [1.807, 2.05) is 0 Å². The van der Waals surface area contributed by atoms with Crippen molar-refractivity contribution in [2.75, 3.05) is 13.7 Å². The molecule has 0 aliphatic carbocycles. The second kappa shape index (κ2) is 6.21. The SMILES string of the molecule is COC(=O)C(C)(C)COc1cc(Cl)ccc1C(N)=S. The first kappa shape index (κ1) is 15.7. The van der Waals surface area contributed by atoms with E-state index in [0.717, 1.165) is 0 Å². The maximum Gasteiger partial charge on any atom is 0.314 e. The number of halogens is 1. The van der Waals surface area contributed by atoms with Crippen molar-refractivity contribution in [1.29, 1.82) is 0 Å². The van der Waals surface area contributed by atoms with E-state index in [2.05, 4.69) is 0 Å². The van der Waals surface area contributed by atoms with Crippen LogP contribution in [0.25, 0.3) is 0 Å². The molecule has 1 aromatic rings. The Bertz CT molecular complexity index is 503. The number of thiocarbonyl (C=S) groups is 1. The molecule has 0 aliphatic rings. The van der Waals surface area contributed by atoms with Gasteiger partial charge in [-0.25, -0.2) is 0 Å². The summed E-state index contributed by atoms with van der Waals surface area (Å²) in [4.78, 5) is 11.8. The van der Waals surface area contributed by atoms with Gasteiger partial charge in [-0.3, -0.25) is 4.79 Å². The van der Waals surface area contributed by atoms with Crippen molar-refractivity contribution in [2.24, 2.45) is 11.1 Å². The standard InChI is InChI=1S/C13H16ClNO3S/c1-13(2,12(16)17-3)7-18-10-6-8(14)4-5-9(10)11(15)19/h4-6H,7H2,1-3H3,(H2,15,19). The summed E-state index contributed by atoms with van der Waals surface area (Å²) >= 11 is 10.8. The molecule has 0 heterocycles. The molecule has 4 nitrogen and oxygen atoms in total. The minimum absolute atomic E-state index is 0.135. The number of hydrogen-bond acceptors (Lipinski definition) is 4. The van der Waals surface area contributed by atoms with E-state index in [4.69, 9.17) is 39.0 Å². The summed E-state index contributed by atoms with van der Waals surface area (Å²) in [6, 6.07) is 4.98. The highest BCUT2D eigenvalue weighted by Gasteiger charge is 2.30. The van der Waals surface area contributed by atoms with E-state index in [1.54, 1.807) is 32.0 Å². The summed E-state index contributed by atoms with van der Waals surface area (Å²) in [5.74, 6) is 0.100. The minimum Gasteiger partial charge on any atom is -0.492 e. The molecule has 0 radical (unpaired) electrons. The molecule has 0 unspecified atom stereocenters. The first-order valence-electron chi connectivity index (χ1n) is 5.58. The Kier molecular flexibility index (Phi) is 5.14. The number of rotatable bonds is 5. The van der Waals surface area contributed by atoms with Crippen LogP contribution in [0.1, 0.15) is 19.4 Å². The molecule has 19 heavy (non-hydrogen) atoms. The monoisotopic (exact) mass is 301 g/mol. The van der Waals surface area contributed by atoms with Gasteiger partial charge >= 0.3 is 5.97 Å². The lowest BCUT2D eigenvalue weighted by Gasteiger charge is -2.22. The number of hydrogen-bond donors (Lipinski definition) is 1. The molecule has 1 rings (SSSR count). The summed E-state index contributed by atoms with van der Waals surface area (Å²) in [6.07, 6.45) is 0. The van der Waals surface area contributed by atoms with E-state index in [9.17, 15) is 4.79 Å². The highest BCUT2D eigenvalue weighted by Crippen LogP contribution is 2.26. The number of carbonyl (C=O) groups excluding carboxylic acids is 1. The van der Waals surface area contributed by atoms with Gasteiger partial charge < -0.3 is 15.2 Å². The van der Waals surface area contributed by atoms with Crippen molar-refractivity contribution in [1.82, 2.24) is 0 Å². The molecule has 0 saturated heterocycles. The minimum atomic E-state index is -0.773. The number of nitrogens with two attached hydrogens (primary N) is 1. The van der Waals surface area contributed by atoms with Crippen molar-refractivity contribution in [3.05, 3.63) is 28.8 Å². The van der Waals surface area contributed by atoms with Crippen LogP contribution < -0.4 is 10.5 Å². The average molecular weight is 302 g/mol. The van der Waals surface area contributed by atoms with Gasteiger partial charge in [0, 0.05) is 5.02 Å². The lowest BCUT2D eigenvalue weighted by atomic mass is 9.95. The fraction of sp³-hybridized carbons (Fsp3) is 0.385. The number of benzene rings is 1. The molecule has 2 N–H and O–H groups in total. The third-order valence-corrected chi connectivity index (χ3v) is 2.99. The molecule has 0 fully saturated rings. The first-order valence-corrected chi connectivity index (χ1v) is 6.37. The van der Waals surface area contributed by atoms with E-state index in [1.165, 1.54) is 7.11 Å². The maximum atomic E-state index is 11.6. The maximum absolute atomic E-state index is 11.6. The predicted molar refractivity (Wildman–Crippen MR) is 78.6 cm³/mol. The first-order chi connectivity index (χ1) is 8.77. The van der Waals surface area contributed by atoms with Gasteiger partial charge in [-0.1, -0.05) is 23.8 Å². The highest BCUT2D eigenvalue weighted by molar-refractivity contribution is 7.80. The summed E-state index contributed by atoms with van der Waals surface area (Å²) in [5.41, 5.74) is 5.42. The third-order valence-electron chi connectivity index (χ3n) is 2.54. The fourth-order valence-corrected chi connectivity index (χ4v) is 1.74. The molecule has 0 amide bonds. The molecule has 0 aliphatic heterocycles. The molecule has 104 valence electrons. The van der Waals surface area contributed by atoms with Gasteiger partial charge in [-0.05, 0) is 32.0 Å². The quantitative estimate of drug-likeness (QED) is 0.669. The Morgan fingerprint density at radius 1 is 1.47 bits per heavy atom. The largest absolute Gasteiger partial charge is 0.492 e. The smallest absolute Gasteiger partial charge is 0.314 e. The van der Waals surface area contributed by atoms with Crippen LogP contribution in [0.4, 0.5) is 0 Å². The Hall–Kier alpha value is -1.33. The van der Waals surface area contributed by atoms with E-state index in [-0.39, 0.29) is 17.6 Å². The van der Waals surface area contributed by atoms with Crippen molar-refractivity contribution in [2.45, 2.75) is 13.8 Å². The number of carbonyl (C=O) groups is 1. The molecule has 0 bridgehead atoms. The van der Waals surface area contributed by atoms with Gasteiger partial charge in [0.15, 0.2) is 0 Å². The third kappa shape index (κ3) is 4.08. The Balaban J connectivity index is 2.91. The van der Waals surface area contributed by atoms with Crippen molar-refractivity contribution >= 4 is 34.8 Å². The number of esters is 1. The van der Waals surface area contributed by atoms with Gasteiger partial charge in [0.1, 0.15) is 17.3 Å². The predicted octanol–water partition coefficient (Wildman–Crippen LogP) is 2.55. The lowest BCUT2D eigenvalue weighted by molar-refractivity contribution is -0.152. The van der Waals surface area contributed by atoms with Crippen molar-refractivity contribution in [3.8, 4) is 5.75 Å². The molecular weight excluding hydrogens is 286 g/mol. The average Bonchev–Trinajstić information content (AvgIpc) is 2.35. The van der Waals surface area contributed by atoms with E-state index in [0.29, 0.717) is 16.3 Å². The topological polar surface area (TPSA) is 61.5 Å². The molecule has 0 saturated carbocycles. The molecule has 1 aromatic carbocycles. The summed E-state index contributed by atoms with van der Waals surface area (Å²) in [5, 5.41) is 0.505. The lowest BCUT2D eigenvalue weighted by Crippen LogP contribution is -2.32. The summed E-state index contributed by atoms with van der Waals surface area (Å²) in [7, 11) is 1.34. The Morgan fingerprint density at radius 3 is 2.63 bits per heavy atom. The summed E-state index contributed by atoms with van der Waals surface area (Å²) < 4.78 is 10.3. The van der Waals surface area contributed by atoms with E-state index < -0.39 is 5.41 Å². The van der Waals surface area contributed by atoms with Crippen LogP contribution in [0.2, 0.25) is 5.02 Å². The van der Waals surface area contributed by atoms with E-state index >= 15 is 0 Å². The van der Waals surface area contributed by atoms with Crippen molar-refractivity contribution < 1.29 is 14.3 Å². The molecule has 0 aromatic heterocycles. The zero-order valence-electron chi connectivity index (χ0n) is 11.0. The van der Waals surface area contributed by atoms with Crippen LogP contribution in [-0.4, -0.2) is 24.7 Å². The van der Waals surface area contributed by atoms with Crippen LogP contribution in [0.15, 0.2) is 18.2 Å². The molecule has 0 spiro atoms. The fourth-order valence-electron chi connectivity index (χ4n) is 1.41. The zero-order valence-corrected chi connectivity index (χ0v) is 12.6. The summed E-state index contributed by atoms with van der Waals surface area (Å²) in [6.45, 7) is 3.59. The van der Waals surface area contributed by atoms with Crippen LogP contribution in [0.5, 0.6) is 5.75 Å². The van der Waals surface area contributed by atoms with Gasteiger partial charge in [0.2, 0.25) is 0 Å². The van der Waals surface area contributed by atoms with Gasteiger partial charge in [-0.2, -0.15) is 0 Å². The highest BCUT2D eigenvalue weighted by atomic mass is 35.5. The van der Waals surface area contributed by atoms with Crippen LogP contribution in [-0.2, 0) is 9.53 Å². The Morgan fingerprint density at radius 2 is 2.11 bits per heavy atom. The number of methoxy groups -OCH3 is 1. The molecule has 0 atom stereocenters. The van der Waals surface area contributed by atoms with Crippen molar-refractivity contribution in [3.63, 3.8) is 0 Å². The van der Waals surface area contributed by atoms with Crippen LogP contribution >= 0.6 is 23.8 Å². The normalized spacial score (nSPS) is 10.9. The van der Waals surface area contributed by atoms with Gasteiger partial charge in [0.05, 0.1) is 18.1 Å². The van der Waals surface area contributed by atoms with Gasteiger partial charge in [-0.15, -0.1) is 0 Å². The van der Waals surface area contributed by atoms with Gasteiger partial charge in [0.25, 0.3) is 0 Å². The second-order valence-electron chi connectivity index (χ2n) is 4.67. The van der Waals surface area contributed by atoms with Crippen LogP contribution in [0.3, 0.4) is 0 Å². The number of ether oxygens (including phenoxy) is 2. The second-order valence-corrected chi connectivity index (χ2v) is 5.55.